The van der Waals surface area contributed by atoms with Crippen molar-refractivity contribution in [2.75, 3.05) is 25.1 Å². The first kappa shape index (κ1) is 24.5. The number of rotatable bonds is 10. The van der Waals surface area contributed by atoms with E-state index < -0.39 is 34.3 Å². The van der Waals surface area contributed by atoms with Crippen LogP contribution in [0.1, 0.15) is 24.9 Å². The Hall–Kier alpha value is -3.11. The highest BCUT2D eigenvalue weighted by molar-refractivity contribution is 7.94. The van der Waals surface area contributed by atoms with Crippen molar-refractivity contribution in [3.63, 3.8) is 0 Å². The van der Waals surface area contributed by atoms with Gasteiger partial charge in [-0.05, 0) is 47.7 Å². The molecule has 1 aromatic heterocycles. The van der Waals surface area contributed by atoms with E-state index in [0.29, 0.717) is 17.9 Å². The Morgan fingerprint density at radius 1 is 1.09 bits per heavy atom. The van der Waals surface area contributed by atoms with Crippen LogP contribution in [-0.2, 0) is 14.8 Å². The molecule has 1 atom stereocenters. The normalized spacial score (nSPS) is 12.1. The van der Waals surface area contributed by atoms with Crippen molar-refractivity contribution in [1.29, 1.82) is 0 Å². The van der Waals surface area contributed by atoms with E-state index in [2.05, 4.69) is 5.32 Å². The SMILES string of the molecule is CCC(NC(=O)CN(c1ccccc1F)S(=O)(=O)c1cccs1)c1ccc(OC)c(OC)c1. The number of ether oxygens (including phenoxy) is 2. The maximum Gasteiger partial charge on any atom is 0.274 e. The Bertz CT molecular complexity index is 1200. The Kier molecular flexibility index (Phi) is 7.93. The van der Waals surface area contributed by atoms with Crippen LogP contribution in [0.4, 0.5) is 10.1 Å². The average Bonchev–Trinajstić information content (AvgIpc) is 3.37. The number of amides is 1. The molecule has 3 aromatic rings. The van der Waals surface area contributed by atoms with Gasteiger partial charge in [-0.1, -0.05) is 31.2 Å². The van der Waals surface area contributed by atoms with Gasteiger partial charge in [0, 0.05) is 0 Å². The van der Waals surface area contributed by atoms with Crippen LogP contribution < -0.4 is 19.1 Å². The van der Waals surface area contributed by atoms with Crippen LogP contribution in [-0.4, -0.2) is 35.1 Å². The predicted molar refractivity (Wildman–Crippen MR) is 126 cm³/mol. The fourth-order valence-electron chi connectivity index (χ4n) is 3.33. The third kappa shape index (κ3) is 5.45. The van der Waals surface area contributed by atoms with Crippen molar-refractivity contribution in [1.82, 2.24) is 5.32 Å². The van der Waals surface area contributed by atoms with E-state index in [4.69, 9.17) is 9.47 Å². The standard InChI is InChI=1S/C23H25FN2O5S2/c1-4-18(16-11-12-20(30-2)21(14-16)31-3)25-22(27)15-26(19-9-6-5-8-17(19)24)33(28,29)23-10-7-13-32-23/h5-14,18H,4,15H2,1-3H3,(H,25,27). The zero-order valence-electron chi connectivity index (χ0n) is 18.4. The Morgan fingerprint density at radius 3 is 2.42 bits per heavy atom. The van der Waals surface area contributed by atoms with Crippen molar-refractivity contribution in [2.24, 2.45) is 0 Å². The number of nitrogens with one attached hydrogen (secondary N) is 1. The third-order valence-corrected chi connectivity index (χ3v) is 8.13. The molecule has 7 nitrogen and oxygen atoms in total. The second kappa shape index (κ2) is 10.7. The van der Waals surface area contributed by atoms with Gasteiger partial charge in [-0.15, -0.1) is 11.3 Å². The zero-order valence-corrected chi connectivity index (χ0v) is 20.1. The molecular weight excluding hydrogens is 467 g/mol. The van der Waals surface area contributed by atoms with Crippen molar-refractivity contribution in [2.45, 2.75) is 23.6 Å². The monoisotopic (exact) mass is 492 g/mol. The molecule has 0 aliphatic carbocycles. The summed E-state index contributed by atoms with van der Waals surface area (Å²) in [5.41, 5.74) is 0.572. The molecule has 1 heterocycles. The number of para-hydroxylation sites is 1. The van der Waals surface area contributed by atoms with Crippen LogP contribution in [0.3, 0.4) is 0 Å². The van der Waals surface area contributed by atoms with Crippen LogP contribution in [0.25, 0.3) is 0 Å². The van der Waals surface area contributed by atoms with E-state index in [9.17, 15) is 17.6 Å². The first-order valence-electron chi connectivity index (χ1n) is 10.1. The topological polar surface area (TPSA) is 84.9 Å². The Balaban J connectivity index is 1.89. The van der Waals surface area contributed by atoms with Crippen molar-refractivity contribution >= 4 is 33.0 Å². The summed E-state index contributed by atoms with van der Waals surface area (Å²) in [5.74, 6) is -0.247. The van der Waals surface area contributed by atoms with Gasteiger partial charge in [0.05, 0.1) is 25.9 Å². The molecule has 2 aromatic carbocycles. The number of anilines is 1. The number of hydrogen-bond donors (Lipinski definition) is 1. The van der Waals surface area contributed by atoms with Gasteiger partial charge in [-0.25, -0.2) is 12.8 Å². The molecular formula is C23H25FN2O5S2. The number of sulfonamides is 1. The highest BCUT2D eigenvalue weighted by atomic mass is 32.2. The van der Waals surface area contributed by atoms with Crippen molar-refractivity contribution in [3.8, 4) is 11.5 Å². The van der Waals surface area contributed by atoms with Crippen LogP contribution in [0, 0.1) is 5.82 Å². The van der Waals surface area contributed by atoms with Gasteiger partial charge in [-0.3, -0.25) is 9.10 Å². The molecule has 0 aliphatic heterocycles. The number of methoxy groups -OCH3 is 2. The average molecular weight is 493 g/mol. The van der Waals surface area contributed by atoms with Gasteiger partial charge in [0.25, 0.3) is 10.0 Å². The Morgan fingerprint density at radius 2 is 1.82 bits per heavy atom. The molecule has 33 heavy (non-hydrogen) atoms. The first-order chi connectivity index (χ1) is 15.8. The van der Waals surface area contributed by atoms with E-state index in [1.807, 2.05) is 6.92 Å². The summed E-state index contributed by atoms with van der Waals surface area (Å²) in [5, 5.41) is 4.46. The fourth-order valence-corrected chi connectivity index (χ4v) is 5.87. The minimum Gasteiger partial charge on any atom is -0.493 e. The summed E-state index contributed by atoms with van der Waals surface area (Å²) in [6.45, 7) is 1.31. The second-order valence-corrected chi connectivity index (χ2v) is 10.1. The fraction of sp³-hybridized carbons (Fsp3) is 0.261. The maximum atomic E-state index is 14.6. The van der Waals surface area contributed by atoms with E-state index in [1.54, 1.807) is 29.6 Å². The molecule has 0 saturated heterocycles. The van der Waals surface area contributed by atoms with E-state index in [1.165, 1.54) is 38.5 Å². The van der Waals surface area contributed by atoms with Gasteiger partial charge in [0.1, 0.15) is 16.6 Å². The first-order valence-corrected chi connectivity index (χ1v) is 12.5. The quantitative estimate of drug-likeness (QED) is 0.454. The molecule has 0 bridgehead atoms. The van der Waals surface area contributed by atoms with E-state index in [-0.39, 0.29) is 9.90 Å². The number of hydrogen-bond acceptors (Lipinski definition) is 6. The van der Waals surface area contributed by atoms with Crippen LogP contribution in [0.2, 0.25) is 0 Å². The largest absolute Gasteiger partial charge is 0.493 e. The highest BCUT2D eigenvalue weighted by Gasteiger charge is 2.30. The summed E-state index contributed by atoms with van der Waals surface area (Å²) in [4.78, 5) is 13.0. The second-order valence-electron chi connectivity index (χ2n) is 7.04. The molecule has 1 N–H and O–H groups in total. The molecule has 3 rings (SSSR count). The Labute approximate surface area is 196 Å². The molecule has 1 unspecified atom stereocenters. The summed E-state index contributed by atoms with van der Waals surface area (Å²) in [6.07, 6.45) is 0.540. The molecule has 0 spiro atoms. The molecule has 0 saturated carbocycles. The lowest BCUT2D eigenvalue weighted by Gasteiger charge is -2.25. The predicted octanol–water partition coefficient (Wildman–Crippen LogP) is 4.37. The third-order valence-electron chi connectivity index (χ3n) is 5.00. The summed E-state index contributed by atoms with van der Waals surface area (Å²) < 4.78 is 52.4. The van der Waals surface area contributed by atoms with Gasteiger partial charge in [0.2, 0.25) is 5.91 Å². The van der Waals surface area contributed by atoms with Gasteiger partial charge < -0.3 is 14.8 Å². The van der Waals surface area contributed by atoms with Gasteiger partial charge >= 0.3 is 0 Å². The van der Waals surface area contributed by atoms with Gasteiger partial charge in [-0.2, -0.15) is 0 Å². The van der Waals surface area contributed by atoms with Crippen molar-refractivity contribution in [3.05, 3.63) is 71.4 Å². The lowest BCUT2D eigenvalue weighted by atomic mass is 10.0. The van der Waals surface area contributed by atoms with Crippen LogP contribution in [0.15, 0.2) is 64.2 Å². The molecule has 0 radical (unpaired) electrons. The minimum absolute atomic E-state index is 0.0190. The number of benzene rings is 2. The van der Waals surface area contributed by atoms with Gasteiger partial charge in [0.15, 0.2) is 11.5 Å². The smallest absolute Gasteiger partial charge is 0.274 e. The summed E-state index contributed by atoms with van der Waals surface area (Å²) in [6, 6.07) is 13.3. The number of nitrogens with zero attached hydrogens (tertiary/aromatic N) is 1. The summed E-state index contributed by atoms with van der Waals surface area (Å²) >= 11 is 0.999. The zero-order chi connectivity index (χ0) is 24.0. The van der Waals surface area contributed by atoms with Crippen LogP contribution in [0.5, 0.6) is 11.5 Å². The molecule has 0 fully saturated rings. The van der Waals surface area contributed by atoms with Crippen molar-refractivity contribution < 1.29 is 27.1 Å². The number of carbonyl (C=O) groups is 1. The summed E-state index contributed by atoms with van der Waals surface area (Å²) in [7, 11) is -1.09. The molecule has 176 valence electrons. The minimum atomic E-state index is -4.14. The number of halogens is 1. The van der Waals surface area contributed by atoms with E-state index in [0.717, 1.165) is 27.3 Å². The highest BCUT2D eigenvalue weighted by Crippen LogP contribution is 2.31. The van der Waals surface area contributed by atoms with E-state index >= 15 is 0 Å². The molecule has 0 aliphatic rings. The maximum absolute atomic E-state index is 14.6. The molecule has 10 heteroatoms. The molecule has 1 amide bonds. The number of carbonyl (C=O) groups excluding carboxylic acids is 1. The lowest BCUT2D eigenvalue weighted by Crippen LogP contribution is -2.42. The van der Waals surface area contributed by atoms with Crippen LogP contribution >= 0.6 is 11.3 Å². The number of thiophene rings is 1. The lowest BCUT2D eigenvalue weighted by molar-refractivity contribution is -0.120.